The zero-order valence-corrected chi connectivity index (χ0v) is 13.2. The van der Waals surface area contributed by atoms with Gasteiger partial charge in [-0.2, -0.15) is 10.1 Å². The van der Waals surface area contributed by atoms with E-state index in [-0.39, 0.29) is 17.7 Å². The molecule has 0 aliphatic carbocycles. The van der Waals surface area contributed by atoms with Crippen LogP contribution in [-0.2, 0) is 0 Å². The molecule has 1 N–H and O–H groups in total. The van der Waals surface area contributed by atoms with Crippen LogP contribution in [0.5, 0.6) is 0 Å². The third-order valence-corrected chi connectivity index (χ3v) is 4.57. The van der Waals surface area contributed by atoms with Gasteiger partial charge in [-0.25, -0.2) is 13.5 Å². The first-order valence-corrected chi connectivity index (χ1v) is 7.86. The van der Waals surface area contributed by atoms with E-state index in [0.29, 0.717) is 23.0 Å². The lowest BCUT2D eigenvalue weighted by molar-refractivity contribution is 0.415. The molecule has 0 saturated carbocycles. The third-order valence-electron chi connectivity index (χ3n) is 4.24. The van der Waals surface area contributed by atoms with Crippen LogP contribution < -0.4 is 5.32 Å². The Hall–Kier alpha value is -2.47. The Morgan fingerprint density at radius 2 is 1.92 bits per heavy atom. The van der Waals surface area contributed by atoms with Crippen LogP contribution in [0.25, 0.3) is 0 Å². The summed E-state index contributed by atoms with van der Waals surface area (Å²) in [6.45, 7) is 0. The van der Waals surface area contributed by atoms with Gasteiger partial charge in [-0.3, -0.25) is 0 Å². The Balaban J connectivity index is 1.78. The first kappa shape index (κ1) is 15.1. The Morgan fingerprint density at radius 3 is 2.67 bits per heavy atom. The molecule has 0 fully saturated rings. The molecule has 2 aromatic carbocycles. The summed E-state index contributed by atoms with van der Waals surface area (Å²) in [4.78, 5) is 4.19. The van der Waals surface area contributed by atoms with E-state index in [0.717, 1.165) is 5.56 Å². The fraction of sp³-hybridized carbons (Fsp3) is 0.176. The van der Waals surface area contributed by atoms with Crippen molar-refractivity contribution in [3.05, 3.63) is 76.6 Å². The van der Waals surface area contributed by atoms with Gasteiger partial charge in [0, 0.05) is 10.6 Å². The van der Waals surface area contributed by atoms with Crippen LogP contribution in [0.1, 0.15) is 29.6 Å². The van der Waals surface area contributed by atoms with Crippen LogP contribution in [0.2, 0.25) is 5.02 Å². The predicted molar refractivity (Wildman–Crippen MR) is 87.0 cm³/mol. The Bertz CT molecular complexity index is 858. The second-order valence-corrected chi connectivity index (χ2v) is 6.07. The number of fused-ring (bicyclic) bond motifs is 1. The van der Waals surface area contributed by atoms with Gasteiger partial charge in [-0.1, -0.05) is 29.8 Å². The van der Waals surface area contributed by atoms with E-state index >= 15 is 0 Å². The first-order valence-electron chi connectivity index (χ1n) is 7.49. The summed E-state index contributed by atoms with van der Waals surface area (Å²) in [5.41, 5.74) is 1.28. The van der Waals surface area contributed by atoms with Gasteiger partial charge >= 0.3 is 0 Å². The lowest BCUT2D eigenvalue weighted by atomic mass is 9.93. The number of hydrogen-bond acceptors (Lipinski definition) is 3. The smallest absolute Gasteiger partial charge is 0.222 e. The highest BCUT2D eigenvalue weighted by molar-refractivity contribution is 6.31. The summed E-state index contributed by atoms with van der Waals surface area (Å²) in [5, 5.41) is 7.80. The Labute approximate surface area is 142 Å². The number of hydrogen-bond donors (Lipinski definition) is 1. The lowest BCUT2D eigenvalue weighted by Gasteiger charge is -2.32. The molecular formula is C17H13ClF2N4. The summed E-state index contributed by atoms with van der Waals surface area (Å²) in [6.07, 6.45) is 1.93. The van der Waals surface area contributed by atoms with E-state index in [1.165, 1.54) is 24.5 Å². The molecule has 4 rings (SSSR count). The van der Waals surface area contributed by atoms with Crippen LogP contribution in [0, 0.1) is 11.6 Å². The largest absolute Gasteiger partial charge is 0.348 e. The molecule has 0 saturated heterocycles. The molecule has 1 aliphatic rings. The molecule has 2 atom stereocenters. The summed E-state index contributed by atoms with van der Waals surface area (Å²) in [5.74, 6) is -0.153. The molecule has 0 amide bonds. The zero-order chi connectivity index (χ0) is 16.7. The van der Waals surface area contributed by atoms with Crippen molar-refractivity contribution in [2.75, 3.05) is 5.32 Å². The normalized spacial score (nSPS) is 19.6. The topological polar surface area (TPSA) is 42.7 Å². The van der Waals surface area contributed by atoms with E-state index in [2.05, 4.69) is 15.4 Å². The van der Waals surface area contributed by atoms with Crippen molar-refractivity contribution in [1.82, 2.24) is 14.8 Å². The number of halogens is 3. The third kappa shape index (κ3) is 2.53. The van der Waals surface area contributed by atoms with Crippen molar-refractivity contribution >= 4 is 17.5 Å². The highest BCUT2D eigenvalue weighted by Crippen LogP contribution is 2.40. The SMILES string of the molecule is Fc1ccc([C@@H]2C[C@@H](c3c(F)cccc3Cl)n3ncnc3N2)cc1. The molecule has 0 spiro atoms. The van der Waals surface area contributed by atoms with Gasteiger partial charge < -0.3 is 5.32 Å². The van der Waals surface area contributed by atoms with Gasteiger partial charge in [0.1, 0.15) is 18.0 Å². The predicted octanol–water partition coefficient (Wildman–Crippen LogP) is 4.36. The monoisotopic (exact) mass is 346 g/mol. The van der Waals surface area contributed by atoms with Crippen LogP contribution in [0.15, 0.2) is 48.8 Å². The van der Waals surface area contributed by atoms with E-state index in [1.54, 1.807) is 28.9 Å². The number of benzene rings is 2. The summed E-state index contributed by atoms with van der Waals surface area (Å²) < 4.78 is 29.2. The average molecular weight is 347 g/mol. The number of nitrogens with zero attached hydrogens (tertiary/aromatic N) is 3. The fourth-order valence-electron chi connectivity index (χ4n) is 3.10. The first-order chi connectivity index (χ1) is 11.6. The number of aromatic nitrogens is 3. The average Bonchev–Trinajstić information content (AvgIpc) is 3.04. The molecule has 3 aromatic rings. The highest BCUT2D eigenvalue weighted by atomic mass is 35.5. The maximum Gasteiger partial charge on any atom is 0.222 e. The van der Waals surface area contributed by atoms with E-state index in [1.807, 2.05) is 0 Å². The van der Waals surface area contributed by atoms with Crippen LogP contribution in [0.3, 0.4) is 0 Å². The van der Waals surface area contributed by atoms with Crippen molar-refractivity contribution in [3.63, 3.8) is 0 Å². The standard InChI is InChI=1S/C17H13ClF2N4/c18-12-2-1-3-13(20)16(12)15-8-14(10-4-6-11(19)7-5-10)23-17-21-9-22-24(15)17/h1-7,9,14-15H,8H2,(H,21,22,23)/t14-,15-/m0/s1. The molecule has 24 heavy (non-hydrogen) atoms. The summed E-state index contributed by atoms with van der Waals surface area (Å²) >= 11 is 6.24. The van der Waals surface area contributed by atoms with Gasteiger partial charge in [-0.15, -0.1) is 0 Å². The molecule has 7 heteroatoms. The van der Waals surface area contributed by atoms with Gasteiger partial charge in [0.15, 0.2) is 0 Å². The van der Waals surface area contributed by atoms with Crippen molar-refractivity contribution in [1.29, 1.82) is 0 Å². The molecule has 4 nitrogen and oxygen atoms in total. The second kappa shape index (κ2) is 5.87. The molecule has 2 heterocycles. The highest BCUT2D eigenvalue weighted by Gasteiger charge is 2.32. The van der Waals surface area contributed by atoms with Crippen LogP contribution in [0.4, 0.5) is 14.7 Å². The van der Waals surface area contributed by atoms with E-state index in [9.17, 15) is 8.78 Å². The molecule has 1 aliphatic heterocycles. The summed E-state index contributed by atoms with van der Waals surface area (Å²) in [7, 11) is 0. The molecular weight excluding hydrogens is 334 g/mol. The van der Waals surface area contributed by atoms with Crippen LogP contribution >= 0.6 is 11.6 Å². The molecule has 0 unspecified atom stereocenters. The van der Waals surface area contributed by atoms with Gasteiger partial charge in [0.2, 0.25) is 5.95 Å². The van der Waals surface area contributed by atoms with E-state index in [4.69, 9.17) is 11.6 Å². The van der Waals surface area contributed by atoms with Crippen molar-refractivity contribution < 1.29 is 8.78 Å². The summed E-state index contributed by atoms with van der Waals surface area (Å²) in [6, 6.07) is 10.3. The quantitative estimate of drug-likeness (QED) is 0.750. The molecule has 122 valence electrons. The maximum absolute atomic E-state index is 14.4. The van der Waals surface area contributed by atoms with Crippen molar-refractivity contribution in [2.45, 2.75) is 18.5 Å². The van der Waals surface area contributed by atoms with E-state index < -0.39 is 6.04 Å². The van der Waals surface area contributed by atoms with Gasteiger partial charge in [-0.05, 0) is 36.2 Å². The zero-order valence-electron chi connectivity index (χ0n) is 12.5. The minimum atomic E-state index is -0.396. The van der Waals surface area contributed by atoms with Crippen LogP contribution in [-0.4, -0.2) is 14.8 Å². The van der Waals surface area contributed by atoms with Gasteiger partial charge in [0.05, 0.1) is 12.1 Å². The number of nitrogens with one attached hydrogen (secondary N) is 1. The minimum Gasteiger partial charge on any atom is -0.348 e. The molecule has 0 radical (unpaired) electrons. The minimum absolute atomic E-state index is 0.150. The number of rotatable bonds is 2. The Kier molecular flexibility index (Phi) is 3.69. The maximum atomic E-state index is 14.4. The second-order valence-electron chi connectivity index (χ2n) is 5.66. The number of anilines is 1. The lowest BCUT2D eigenvalue weighted by Crippen LogP contribution is -2.28. The fourth-order valence-corrected chi connectivity index (χ4v) is 3.39. The van der Waals surface area contributed by atoms with Gasteiger partial charge in [0.25, 0.3) is 0 Å². The molecule has 0 bridgehead atoms. The Morgan fingerprint density at radius 1 is 1.12 bits per heavy atom. The van der Waals surface area contributed by atoms with Crippen molar-refractivity contribution in [2.24, 2.45) is 0 Å². The molecule has 1 aromatic heterocycles. The van der Waals surface area contributed by atoms with Crippen molar-refractivity contribution in [3.8, 4) is 0 Å².